The van der Waals surface area contributed by atoms with Crippen LogP contribution in [-0.4, -0.2) is 28.8 Å². The second-order valence-electron chi connectivity index (χ2n) is 3.45. The molecule has 0 fully saturated rings. The van der Waals surface area contributed by atoms with Crippen LogP contribution in [0.25, 0.3) is 0 Å². The Labute approximate surface area is 92.7 Å². The zero-order valence-corrected chi connectivity index (χ0v) is 8.83. The molecule has 0 radical (unpaired) electrons. The van der Waals surface area contributed by atoms with Crippen LogP contribution in [0, 0.1) is 5.21 Å². The summed E-state index contributed by atoms with van der Waals surface area (Å²) in [5, 5.41) is 32.5. The van der Waals surface area contributed by atoms with Gasteiger partial charge in [-0.15, -0.1) is 0 Å². The maximum Gasteiger partial charge on any atom is 0.216 e. The van der Waals surface area contributed by atoms with Crippen molar-refractivity contribution in [3.05, 3.63) is 35.3 Å². The molecule has 0 aromatic carbocycles. The molecule has 3 N–H and O–H groups in total. The summed E-state index contributed by atoms with van der Waals surface area (Å²) in [6, 6.07) is 2.99. The Morgan fingerprint density at radius 1 is 1.62 bits per heavy atom. The smallest absolute Gasteiger partial charge is 0.216 e. The summed E-state index contributed by atoms with van der Waals surface area (Å²) in [5.41, 5.74) is 0.301. The van der Waals surface area contributed by atoms with Crippen LogP contribution in [0.5, 0.6) is 0 Å². The first kappa shape index (κ1) is 12.4. The van der Waals surface area contributed by atoms with Crippen molar-refractivity contribution in [3.63, 3.8) is 0 Å². The second kappa shape index (κ2) is 5.43. The van der Waals surface area contributed by atoms with E-state index in [4.69, 9.17) is 0 Å². The predicted octanol–water partition coefficient (Wildman–Crippen LogP) is -1.15. The van der Waals surface area contributed by atoms with Crippen LogP contribution in [0.2, 0.25) is 0 Å². The van der Waals surface area contributed by atoms with Crippen molar-refractivity contribution in [2.45, 2.75) is 19.1 Å². The van der Waals surface area contributed by atoms with Crippen LogP contribution in [-0.2, 0) is 4.79 Å². The van der Waals surface area contributed by atoms with Crippen molar-refractivity contribution >= 4 is 5.91 Å². The molecule has 1 amide bonds. The fraction of sp³-hybridized carbons (Fsp3) is 0.400. The van der Waals surface area contributed by atoms with E-state index in [1.807, 2.05) is 0 Å². The van der Waals surface area contributed by atoms with Crippen molar-refractivity contribution < 1.29 is 19.7 Å². The number of aromatic nitrogens is 1. The zero-order chi connectivity index (χ0) is 12.1. The van der Waals surface area contributed by atoms with Gasteiger partial charge in [-0.2, -0.15) is 4.73 Å². The summed E-state index contributed by atoms with van der Waals surface area (Å²) in [7, 11) is 0. The Morgan fingerprint density at radius 2 is 2.31 bits per heavy atom. The highest BCUT2D eigenvalue weighted by Crippen LogP contribution is 2.14. The lowest BCUT2D eigenvalue weighted by Gasteiger charge is -2.17. The van der Waals surface area contributed by atoms with Crippen molar-refractivity contribution in [3.8, 4) is 0 Å². The first-order valence-corrected chi connectivity index (χ1v) is 4.80. The topological polar surface area (TPSA) is 96.5 Å². The molecule has 2 atom stereocenters. The largest absolute Gasteiger partial charge is 0.619 e. The second-order valence-corrected chi connectivity index (χ2v) is 3.45. The molecule has 6 nitrogen and oxygen atoms in total. The highest BCUT2D eigenvalue weighted by atomic mass is 16.5. The number of hydrogen-bond donors (Lipinski definition) is 3. The SMILES string of the molecule is CC(=O)NCC(O)C(O)c1ccc[n+]([O-])c1. The van der Waals surface area contributed by atoms with Crippen molar-refractivity contribution in [1.82, 2.24) is 5.32 Å². The van der Waals surface area contributed by atoms with Gasteiger partial charge in [-0.05, 0) is 6.07 Å². The van der Waals surface area contributed by atoms with E-state index in [9.17, 15) is 20.2 Å². The lowest BCUT2D eigenvalue weighted by molar-refractivity contribution is -0.606. The molecule has 1 aromatic rings. The number of carbonyl (C=O) groups excluding carboxylic acids is 1. The lowest BCUT2D eigenvalue weighted by atomic mass is 10.1. The number of aliphatic hydroxyl groups is 2. The highest BCUT2D eigenvalue weighted by Gasteiger charge is 2.20. The molecule has 0 aliphatic carbocycles. The van der Waals surface area contributed by atoms with Gasteiger partial charge in [-0.1, -0.05) is 0 Å². The van der Waals surface area contributed by atoms with Gasteiger partial charge < -0.3 is 20.7 Å². The molecule has 88 valence electrons. The van der Waals surface area contributed by atoms with Crippen LogP contribution in [0.1, 0.15) is 18.6 Å². The maximum atomic E-state index is 10.9. The molecule has 2 unspecified atom stereocenters. The van der Waals surface area contributed by atoms with Gasteiger partial charge >= 0.3 is 0 Å². The van der Waals surface area contributed by atoms with Gasteiger partial charge in [0.2, 0.25) is 5.91 Å². The van der Waals surface area contributed by atoms with Crippen molar-refractivity contribution in [1.29, 1.82) is 0 Å². The molecule has 0 saturated heterocycles. The minimum absolute atomic E-state index is 0.0652. The van der Waals surface area contributed by atoms with E-state index in [1.165, 1.54) is 31.5 Å². The fourth-order valence-electron chi connectivity index (χ4n) is 1.23. The molecular formula is C10H14N2O4. The van der Waals surface area contributed by atoms with Gasteiger partial charge in [-0.3, -0.25) is 4.79 Å². The number of amides is 1. The molecule has 0 bridgehead atoms. The summed E-state index contributed by atoms with van der Waals surface area (Å²) in [6.07, 6.45) is 0.0949. The Balaban J connectivity index is 2.62. The van der Waals surface area contributed by atoms with Crippen LogP contribution < -0.4 is 10.0 Å². The van der Waals surface area contributed by atoms with Gasteiger partial charge in [0.05, 0.1) is 0 Å². The number of nitrogens with zero attached hydrogens (tertiary/aromatic N) is 1. The third kappa shape index (κ3) is 3.48. The summed E-state index contributed by atoms with van der Waals surface area (Å²) in [4.78, 5) is 10.6. The predicted molar refractivity (Wildman–Crippen MR) is 55.1 cm³/mol. The minimum Gasteiger partial charge on any atom is -0.619 e. The van der Waals surface area contributed by atoms with Crippen molar-refractivity contribution in [2.75, 3.05) is 6.54 Å². The van der Waals surface area contributed by atoms with Crippen LogP contribution in [0.15, 0.2) is 24.5 Å². The molecule has 0 saturated carbocycles. The minimum atomic E-state index is -1.20. The summed E-state index contributed by atoms with van der Waals surface area (Å²) in [5.74, 6) is -0.293. The molecule has 1 aromatic heterocycles. The third-order valence-electron chi connectivity index (χ3n) is 2.06. The highest BCUT2D eigenvalue weighted by molar-refractivity contribution is 5.72. The monoisotopic (exact) mass is 226 g/mol. The molecule has 0 spiro atoms. The Morgan fingerprint density at radius 3 is 2.88 bits per heavy atom. The number of pyridine rings is 1. The van der Waals surface area contributed by atoms with E-state index in [0.29, 0.717) is 10.3 Å². The van der Waals surface area contributed by atoms with E-state index < -0.39 is 12.2 Å². The molecule has 16 heavy (non-hydrogen) atoms. The number of aliphatic hydroxyl groups excluding tert-OH is 2. The van der Waals surface area contributed by atoms with Crippen LogP contribution in [0.3, 0.4) is 0 Å². The number of rotatable bonds is 4. The quantitative estimate of drug-likeness (QED) is 0.446. The average molecular weight is 226 g/mol. The standard InChI is InChI=1S/C10H14N2O4/c1-7(13)11-5-9(14)10(15)8-3-2-4-12(16)6-8/h2-4,6,9-10,14-15H,5H2,1H3,(H,11,13). The molecule has 1 heterocycles. The zero-order valence-electron chi connectivity index (χ0n) is 8.83. The van der Waals surface area contributed by atoms with E-state index in [1.54, 1.807) is 0 Å². The molecule has 6 heteroatoms. The van der Waals surface area contributed by atoms with Crippen LogP contribution >= 0.6 is 0 Å². The molecule has 0 aliphatic heterocycles. The summed E-state index contributed by atoms with van der Waals surface area (Å²) in [6.45, 7) is 1.25. The van der Waals surface area contributed by atoms with Gasteiger partial charge in [-0.25, -0.2) is 0 Å². The van der Waals surface area contributed by atoms with E-state index >= 15 is 0 Å². The number of hydrogen-bond acceptors (Lipinski definition) is 4. The summed E-state index contributed by atoms with van der Waals surface area (Å²) < 4.78 is 0.531. The van der Waals surface area contributed by atoms with E-state index in [0.717, 1.165) is 0 Å². The Kier molecular flexibility index (Phi) is 4.21. The fourth-order valence-corrected chi connectivity index (χ4v) is 1.23. The summed E-state index contributed by atoms with van der Waals surface area (Å²) >= 11 is 0. The molecular weight excluding hydrogens is 212 g/mol. The number of carbonyl (C=O) groups is 1. The van der Waals surface area contributed by atoms with E-state index in [2.05, 4.69) is 5.32 Å². The first-order valence-electron chi connectivity index (χ1n) is 4.80. The Bertz CT molecular complexity index is 370. The van der Waals surface area contributed by atoms with Gasteiger partial charge in [0.25, 0.3) is 0 Å². The van der Waals surface area contributed by atoms with Crippen molar-refractivity contribution in [2.24, 2.45) is 0 Å². The van der Waals surface area contributed by atoms with Gasteiger partial charge in [0.15, 0.2) is 12.4 Å². The lowest BCUT2D eigenvalue weighted by Crippen LogP contribution is -2.35. The average Bonchev–Trinajstić information content (AvgIpc) is 2.24. The normalized spacial score (nSPS) is 14.2. The van der Waals surface area contributed by atoms with E-state index in [-0.39, 0.29) is 12.5 Å². The van der Waals surface area contributed by atoms with Gasteiger partial charge in [0.1, 0.15) is 12.2 Å². The third-order valence-corrected chi connectivity index (χ3v) is 2.06. The Hall–Kier alpha value is -1.66. The molecule has 1 rings (SSSR count). The number of nitrogens with one attached hydrogen (secondary N) is 1. The van der Waals surface area contributed by atoms with Crippen LogP contribution in [0.4, 0.5) is 0 Å². The van der Waals surface area contributed by atoms with Gasteiger partial charge in [0, 0.05) is 25.1 Å². The maximum absolute atomic E-state index is 10.9. The molecule has 0 aliphatic rings. The first-order chi connectivity index (χ1) is 7.50.